The monoisotopic (exact) mass is 560 g/mol. The number of halogens is 1. The van der Waals surface area contributed by atoms with E-state index in [1.807, 2.05) is 68.7 Å². The van der Waals surface area contributed by atoms with Crippen molar-refractivity contribution in [2.45, 2.75) is 58.5 Å². The third-order valence-corrected chi connectivity index (χ3v) is 7.43. The maximum Gasteiger partial charge on any atom is 0.325 e. The molecule has 1 unspecified atom stereocenters. The Labute approximate surface area is 243 Å². The Bertz CT molecular complexity index is 1350. The molecule has 4 rings (SSSR count). The van der Waals surface area contributed by atoms with E-state index in [9.17, 15) is 9.59 Å². The predicted octanol–water partition coefficient (Wildman–Crippen LogP) is 7.47. The van der Waals surface area contributed by atoms with Crippen molar-refractivity contribution in [1.82, 2.24) is 9.80 Å². The minimum absolute atomic E-state index is 0.0888. The highest BCUT2D eigenvalue weighted by atomic mass is 35.5. The van der Waals surface area contributed by atoms with Crippen molar-refractivity contribution in [2.24, 2.45) is 0 Å². The lowest BCUT2D eigenvalue weighted by molar-refractivity contribution is -0.117. The van der Waals surface area contributed by atoms with Crippen molar-refractivity contribution in [3.05, 3.63) is 94.0 Å². The van der Waals surface area contributed by atoms with E-state index < -0.39 is 6.04 Å². The molecule has 212 valence electrons. The SMILES string of the molecule is CCCCN1C(=O)N(CC(=O)Nc2cc(CN(C)C)ccc2C(C)(C)C)C(c2ccccc2)c2cc(Cl)ccc21. The van der Waals surface area contributed by atoms with Crippen LogP contribution in [0.4, 0.5) is 16.2 Å². The van der Waals surface area contributed by atoms with Crippen LogP contribution in [0.3, 0.4) is 0 Å². The molecular formula is C33H41ClN4O2. The second-order valence-corrected chi connectivity index (χ2v) is 12.3. The molecule has 0 aliphatic carbocycles. The van der Waals surface area contributed by atoms with E-state index in [0.29, 0.717) is 11.6 Å². The van der Waals surface area contributed by atoms with E-state index >= 15 is 0 Å². The minimum atomic E-state index is -0.437. The zero-order chi connectivity index (χ0) is 29.0. The van der Waals surface area contributed by atoms with Gasteiger partial charge in [0.2, 0.25) is 5.91 Å². The summed E-state index contributed by atoms with van der Waals surface area (Å²) in [7, 11) is 4.05. The van der Waals surface area contributed by atoms with Gasteiger partial charge in [-0.2, -0.15) is 0 Å². The second kappa shape index (κ2) is 12.4. The summed E-state index contributed by atoms with van der Waals surface area (Å²) in [6.45, 7) is 9.75. The predicted molar refractivity (Wildman–Crippen MR) is 165 cm³/mol. The number of hydrogen-bond donors (Lipinski definition) is 1. The summed E-state index contributed by atoms with van der Waals surface area (Å²) in [5, 5.41) is 3.77. The lowest BCUT2D eigenvalue weighted by Gasteiger charge is -2.43. The lowest BCUT2D eigenvalue weighted by atomic mass is 9.85. The molecular weight excluding hydrogens is 520 g/mol. The van der Waals surface area contributed by atoms with Crippen molar-refractivity contribution < 1.29 is 9.59 Å². The van der Waals surface area contributed by atoms with Gasteiger partial charge in [0, 0.05) is 29.4 Å². The van der Waals surface area contributed by atoms with Crippen LogP contribution in [0, 0.1) is 0 Å². The molecule has 0 saturated heterocycles. The van der Waals surface area contributed by atoms with Crippen molar-refractivity contribution in [2.75, 3.05) is 37.4 Å². The fourth-order valence-electron chi connectivity index (χ4n) is 5.37. The van der Waals surface area contributed by atoms with Gasteiger partial charge in [-0.05, 0) is 66.9 Å². The summed E-state index contributed by atoms with van der Waals surface area (Å²) < 4.78 is 0. The van der Waals surface area contributed by atoms with E-state index in [4.69, 9.17) is 11.6 Å². The summed E-state index contributed by atoms with van der Waals surface area (Å²) in [4.78, 5) is 33.4. The number of benzene rings is 3. The lowest BCUT2D eigenvalue weighted by Crippen LogP contribution is -2.52. The second-order valence-electron chi connectivity index (χ2n) is 11.8. The summed E-state index contributed by atoms with van der Waals surface area (Å²) >= 11 is 6.48. The number of fused-ring (bicyclic) bond motifs is 1. The van der Waals surface area contributed by atoms with Gasteiger partial charge >= 0.3 is 6.03 Å². The molecule has 6 nitrogen and oxygen atoms in total. The van der Waals surface area contributed by atoms with Gasteiger partial charge in [-0.3, -0.25) is 9.69 Å². The third kappa shape index (κ3) is 6.68. The van der Waals surface area contributed by atoms with Crippen LogP contribution in [-0.2, 0) is 16.8 Å². The topological polar surface area (TPSA) is 55.9 Å². The molecule has 0 saturated carbocycles. The van der Waals surface area contributed by atoms with Gasteiger partial charge < -0.3 is 15.1 Å². The number of carbonyl (C=O) groups is 2. The zero-order valence-electron chi connectivity index (χ0n) is 24.5. The van der Waals surface area contributed by atoms with Crippen molar-refractivity contribution in [3.8, 4) is 0 Å². The van der Waals surface area contributed by atoms with Gasteiger partial charge in [-0.15, -0.1) is 0 Å². The first-order chi connectivity index (χ1) is 19.0. The maximum atomic E-state index is 14.1. The number of unbranched alkanes of at least 4 members (excludes halogenated alkanes) is 1. The molecule has 1 aliphatic heterocycles. The Morgan fingerprint density at radius 2 is 1.75 bits per heavy atom. The van der Waals surface area contributed by atoms with Crippen LogP contribution in [0.25, 0.3) is 0 Å². The first-order valence-corrected chi connectivity index (χ1v) is 14.4. The Kier molecular flexibility index (Phi) is 9.22. The summed E-state index contributed by atoms with van der Waals surface area (Å²) in [6.07, 6.45) is 1.81. The van der Waals surface area contributed by atoms with E-state index in [2.05, 4.69) is 50.0 Å². The quantitative estimate of drug-likeness (QED) is 0.295. The largest absolute Gasteiger partial charge is 0.325 e. The first kappa shape index (κ1) is 29.6. The fraction of sp³-hybridized carbons (Fsp3) is 0.394. The van der Waals surface area contributed by atoms with Gasteiger partial charge in [0.05, 0.1) is 11.7 Å². The summed E-state index contributed by atoms with van der Waals surface area (Å²) in [5.41, 5.74) is 5.48. The van der Waals surface area contributed by atoms with E-state index in [1.165, 1.54) is 0 Å². The molecule has 1 heterocycles. The Morgan fingerprint density at radius 3 is 2.40 bits per heavy atom. The van der Waals surface area contributed by atoms with Crippen LogP contribution < -0.4 is 10.2 Å². The molecule has 1 aliphatic rings. The molecule has 0 aromatic heterocycles. The highest BCUT2D eigenvalue weighted by molar-refractivity contribution is 6.30. The van der Waals surface area contributed by atoms with Crippen molar-refractivity contribution in [1.29, 1.82) is 0 Å². The van der Waals surface area contributed by atoms with E-state index in [-0.39, 0.29) is 23.9 Å². The maximum absolute atomic E-state index is 14.1. The van der Waals surface area contributed by atoms with Gasteiger partial charge in [0.1, 0.15) is 6.54 Å². The van der Waals surface area contributed by atoms with Gasteiger partial charge in [0.15, 0.2) is 0 Å². The minimum Gasteiger partial charge on any atom is -0.324 e. The molecule has 3 amide bonds. The number of amides is 3. The molecule has 1 N–H and O–H groups in total. The molecule has 3 aromatic rings. The summed E-state index contributed by atoms with van der Waals surface area (Å²) in [6, 6.07) is 21.2. The standard InChI is InChI=1S/C33H41ClN4O2/c1-7-8-18-37-29-17-15-25(34)20-26(29)31(24-12-10-9-11-13-24)38(32(37)40)22-30(39)35-28-19-23(21-36(5)6)14-16-27(28)33(2,3)4/h9-17,19-20,31H,7-8,18,21-22H2,1-6H3,(H,35,39). The van der Waals surface area contributed by atoms with Crippen LogP contribution in [0.1, 0.15) is 68.8 Å². The van der Waals surface area contributed by atoms with Crippen LogP contribution >= 0.6 is 11.6 Å². The molecule has 0 fully saturated rings. The van der Waals surface area contributed by atoms with Gasteiger partial charge in [-0.1, -0.05) is 88.2 Å². The highest BCUT2D eigenvalue weighted by Gasteiger charge is 2.39. The van der Waals surface area contributed by atoms with E-state index in [0.717, 1.165) is 53.0 Å². The normalized spacial score (nSPS) is 15.4. The van der Waals surface area contributed by atoms with Crippen LogP contribution in [-0.4, -0.2) is 48.9 Å². The molecule has 3 aromatic carbocycles. The molecule has 0 radical (unpaired) electrons. The number of nitrogens with zero attached hydrogens (tertiary/aromatic N) is 3. The number of urea groups is 1. The zero-order valence-corrected chi connectivity index (χ0v) is 25.3. The van der Waals surface area contributed by atoms with E-state index in [1.54, 1.807) is 9.80 Å². The number of anilines is 2. The molecule has 7 heteroatoms. The Morgan fingerprint density at radius 1 is 1.02 bits per heavy atom. The molecule has 0 bridgehead atoms. The average molecular weight is 561 g/mol. The third-order valence-electron chi connectivity index (χ3n) is 7.19. The van der Waals surface area contributed by atoms with Crippen molar-refractivity contribution >= 4 is 34.9 Å². The Balaban J connectivity index is 1.73. The Hall–Kier alpha value is -3.35. The van der Waals surface area contributed by atoms with Crippen LogP contribution in [0.5, 0.6) is 0 Å². The molecule has 0 spiro atoms. The number of hydrogen-bond acceptors (Lipinski definition) is 3. The van der Waals surface area contributed by atoms with Gasteiger partial charge in [0.25, 0.3) is 0 Å². The van der Waals surface area contributed by atoms with Crippen LogP contribution in [0.15, 0.2) is 66.7 Å². The smallest absolute Gasteiger partial charge is 0.324 e. The highest BCUT2D eigenvalue weighted by Crippen LogP contribution is 2.42. The summed E-state index contributed by atoms with van der Waals surface area (Å²) in [5.74, 6) is -0.234. The van der Waals surface area contributed by atoms with Crippen LogP contribution in [0.2, 0.25) is 5.02 Å². The van der Waals surface area contributed by atoms with Gasteiger partial charge in [-0.25, -0.2) is 4.79 Å². The average Bonchev–Trinajstić information content (AvgIpc) is 2.88. The number of nitrogens with one attached hydrogen (secondary N) is 1. The molecule has 1 atom stereocenters. The number of carbonyl (C=O) groups excluding carboxylic acids is 2. The first-order valence-electron chi connectivity index (χ1n) is 14.0. The van der Waals surface area contributed by atoms with Crippen molar-refractivity contribution in [3.63, 3.8) is 0 Å². The fourth-order valence-corrected chi connectivity index (χ4v) is 5.55. The molecule has 40 heavy (non-hydrogen) atoms. The number of rotatable bonds is 9.